The molecule has 1 aromatic rings. The van der Waals surface area contributed by atoms with E-state index in [-0.39, 0.29) is 0 Å². The van der Waals surface area contributed by atoms with Crippen molar-refractivity contribution in [1.29, 1.82) is 0 Å². The maximum atomic E-state index is 9.13. The highest BCUT2D eigenvalue weighted by Gasteiger charge is 2.03. The highest BCUT2D eigenvalue weighted by molar-refractivity contribution is 9.10. The van der Waals surface area contributed by atoms with Crippen molar-refractivity contribution in [2.75, 3.05) is 13.2 Å². The molecule has 1 atom stereocenters. The summed E-state index contributed by atoms with van der Waals surface area (Å²) in [5.74, 6) is 0.789. The third kappa shape index (κ3) is 4.51. The average molecular weight is 288 g/mol. The molecule has 0 heterocycles. The van der Waals surface area contributed by atoms with E-state index in [1.807, 2.05) is 18.2 Å². The number of hydrogen-bond donors (Lipinski definition) is 2. The summed E-state index contributed by atoms with van der Waals surface area (Å²) in [5, 5.41) is 12.4. The van der Waals surface area contributed by atoms with Gasteiger partial charge in [-0.3, -0.25) is 0 Å². The first kappa shape index (κ1) is 13.5. The fourth-order valence-electron chi connectivity index (χ4n) is 1.25. The molecule has 4 heteroatoms. The van der Waals surface area contributed by atoms with Crippen molar-refractivity contribution in [1.82, 2.24) is 5.32 Å². The zero-order valence-electron chi connectivity index (χ0n) is 9.66. The second kappa shape index (κ2) is 6.89. The molecule has 1 unspecified atom stereocenters. The summed E-state index contributed by atoms with van der Waals surface area (Å²) >= 11 is 3.50. The van der Waals surface area contributed by atoms with E-state index in [4.69, 9.17) is 9.84 Å². The Morgan fingerprint density at radius 3 is 2.88 bits per heavy atom. The van der Waals surface area contributed by atoms with E-state index in [0.29, 0.717) is 6.61 Å². The van der Waals surface area contributed by atoms with Crippen LogP contribution in [-0.4, -0.2) is 24.4 Å². The van der Waals surface area contributed by atoms with Gasteiger partial charge in [0.2, 0.25) is 0 Å². The summed E-state index contributed by atoms with van der Waals surface area (Å²) in [6.07, 6.45) is -0.444. The second-order valence-corrected chi connectivity index (χ2v) is 4.55. The molecule has 0 aliphatic rings. The average Bonchev–Trinajstić information content (AvgIpc) is 2.26. The first-order chi connectivity index (χ1) is 7.63. The maximum absolute atomic E-state index is 9.13. The van der Waals surface area contributed by atoms with Crippen LogP contribution in [0, 0.1) is 0 Å². The van der Waals surface area contributed by atoms with Crippen LogP contribution in [0.3, 0.4) is 0 Å². The zero-order valence-corrected chi connectivity index (χ0v) is 11.3. The number of hydrogen-bond acceptors (Lipinski definition) is 3. The Hall–Kier alpha value is -0.580. The van der Waals surface area contributed by atoms with Gasteiger partial charge in [0.1, 0.15) is 12.4 Å². The van der Waals surface area contributed by atoms with E-state index >= 15 is 0 Å². The third-order valence-corrected chi connectivity index (χ3v) is 2.85. The van der Waals surface area contributed by atoms with Gasteiger partial charge in [0.15, 0.2) is 0 Å². The van der Waals surface area contributed by atoms with E-state index in [1.165, 1.54) is 0 Å². The summed E-state index contributed by atoms with van der Waals surface area (Å²) in [6.45, 7) is 5.84. The Morgan fingerprint density at radius 1 is 1.50 bits per heavy atom. The molecule has 0 spiro atoms. The Balaban J connectivity index is 2.65. The van der Waals surface area contributed by atoms with Crippen molar-refractivity contribution in [3.05, 3.63) is 28.2 Å². The third-order valence-electron chi connectivity index (χ3n) is 2.07. The van der Waals surface area contributed by atoms with E-state index < -0.39 is 6.10 Å². The van der Waals surface area contributed by atoms with Gasteiger partial charge in [-0.15, -0.1) is 0 Å². The van der Waals surface area contributed by atoms with Crippen molar-refractivity contribution in [3.63, 3.8) is 0 Å². The molecule has 0 aliphatic heterocycles. The quantitative estimate of drug-likeness (QED) is 0.844. The molecule has 0 fully saturated rings. The fourth-order valence-corrected chi connectivity index (χ4v) is 1.64. The molecular formula is C12H18BrNO2. The van der Waals surface area contributed by atoms with Gasteiger partial charge in [0, 0.05) is 11.0 Å². The molecule has 90 valence electrons. The molecule has 1 rings (SSSR count). The summed E-state index contributed by atoms with van der Waals surface area (Å²) < 4.78 is 6.51. The topological polar surface area (TPSA) is 41.5 Å². The number of aliphatic hydroxyl groups is 1. The fraction of sp³-hybridized carbons (Fsp3) is 0.500. The lowest BCUT2D eigenvalue weighted by molar-refractivity contribution is 0.122. The van der Waals surface area contributed by atoms with Gasteiger partial charge in [0.05, 0.1) is 6.10 Å². The Bertz CT molecular complexity index is 329. The van der Waals surface area contributed by atoms with Gasteiger partial charge >= 0.3 is 0 Å². The molecule has 1 aromatic carbocycles. The summed E-state index contributed by atoms with van der Waals surface area (Å²) in [5.41, 5.74) is 1.16. The molecule has 16 heavy (non-hydrogen) atoms. The molecule has 3 nitrogen and oxygen atoms in total. The highest BCUT2D eigenvalue weighted by Crippen LogP contribution is 2.22. The van der Waals surface area contributed by atoms with Crippen LogP contribution in [0.25, 0.3) is 0 Å². The van der Waals surface area contributed by atoms with E-state index in [1.54, 1.807) is 6.92 Å². The van der Waals surface area contributed by atoms with Crippen LogP contribution < -0.4 is 10.1 Å². The minimum atomic E-state index is -0.444. The summed E-state index contributed by atoms with van der Waals surface area (Å²) in [4.78, 5) is 0. The monoisotopic (exact) mass is 287 g/mol. The second-order valence-electron chi connectivity index (χ2n) is 3.69. The molecule has 0 bridgehead atoms. The molecule has 0 saturated heterocycles. The molecular weight excluding hydrogens is 270 g/mol. The zero-order chi connectivity index (χ0) is 12.0. The van der Waals surface area contributed by atoms with Crippen LogP contribution in [0.1, 0.15) is 19.4 Å². The van der Waals surface area contributed by atoms with Crippen LogP contribution in [0.15, 0.2) is 22.7 Å². The van der Waals surface area contributed by atoms with Gasteiger partial charge < -0.3 is 15.2 Å². The van der Waals surface area contributed by atoms with Crippen molar-refractivity contribution in [3.8, 4) is 5.75 Å². The predicted molar refractivity (Wildman–Crippen MR) is 68.7 cm³/mol. The normalized spacial score (nSPS) is 12.5. The SMILES string of the molecule is CCNCc1cc(OCC(C)O)ccc1Br. The van der Waals surface area contributed by atoms with Gasteiger partial charge in [-0.2, -0.15) is 0 Å². The lowest BCUT2D eigenvalue weighted by Crippen LogP contribution is -2.14. The first-order valence-corrected chi connectivity index (χ1v) is 6.22. The number of halogens is 1. The number of nitrogens with one attached hydrogen (secondary N) is 1. The predicted octanol–water partition coefficient (Wildman–Crippen LogP) is 2.32. The maximum Gasteiger partial charge on any atom is 0.119 e. The molecule has 0 aliphatic carbocycles. The molecule has 0 amide bonds. The van der Waals surface area contributed by atoms with E-state index in [9.17, 15) is 0 Å². The van der Waals surface area contributed by atoms with E-state index in [2.05, 4.69) is 28.2 Å². The standard InChI is InChI=1S/C12H18BrNO2/c1-3-14-7-10-6-11(4-5-12(10)13)16-8-9(2)15/h4-6,9,14-15H,3,7-8H2,1-2H3. The lowest BCUT2D eigenvalue weighted by atomic mass is 10.2. The van der Waals surface area contributed by atoms with Crippen LogP contribution >= 0.6 is 15.9 Å². The minimum absolute atomic E-state index is 0.322. The number of benzene rings is 1. The largest absolute Gasteiger partial charge is 0.491 e. The Morgan fingerprint density at radius 2 is 2.25 bits per heavy atom. The van der Waals surface area contributed by atoms with E-state index in [0.717, 1.165) is 28.9 Å². The van der Waals surface area contributed by atoms with Crippen LogP contribution in [0.5, 0.6) is 5.75 Å². The summed E-state index contributed by atoms with van der Waals surface area (Å²) in [6, 6.07) is 5.83. The van der Waals surface area contributed by atoms with Crippen molar-refractivity contribution in [2.45, 2.75) is 26.5 Å². The van der Waals surface area contributed by atoms with Crippen LogP contribution in [0.2, 0.25) is 0 Å². The Kier molecular flexibility index (Phi) is 5.80. The van der Waals surface area contributed by atoms with Gasteiger partial charge in [-0.05, 0) is 37.2 Å². The van der Waals surface area contributed by atoms with Crippen LogP contribution in [-0.2, 0) is 6.54 Å². The summed E-state index contributed by atoms with van der Waals surface area (Å²) in [7, 11) is 0. The van der Waals surface area contributed by atoms with Crippen LogP contribution in [0.4, 0.5) is 0 Å². The molecule has 2 N–H and O–H groups in total. The molecule has 0 saturated carbocycles. The van der Waals surface area contributed by atoms with Crippen molar-refractivity contribution >= 4 is 15.9 Å². The molecule has 0 radical (unpaired) electrons. The van der Waals surface area contributed by atoms with Crippen molar-refractivity contribution in [2.24, 2.45) is 0 Å². The smallest absolute Gasteiger partial charge is 0.119 e. The number of aliphatic hydroxyl groups excluding tert-OH is 1. The van der Waals surface area contributed by atoms with Gasteiger partial charge in [-0.25, -0.2) is 0 Å². The van der Waals surface area contributed by atoms with Gasteiger partial charge in [0.25, 0.3) is 0 Å². The first-order valence-electron chi connectivity index (χ1n) is 5.43. The molecule has 0 aromatic heterocycles. The number of ether oxygens (including phenoxy) is 1. The number of rotatable bonds is 6. The van der Waals surface area contributed by atoms with Crippen molar-refractivity contribution < 1.29 is 9.84 Å². The lowest BCUT2D eigenvalue weighted by Gasteiger charge is -2.11. The highest BCUT2D eigenvalue weighted by atomic mass is 79.9. The van der Waals surface area contributed by atoms with Gasteiger partial charge in [-0.1, -0.05) is 22.9 Å². The minimum Gasteiger partial charge on any atom is -0.491 e. The Labute approximate surface area is 105 Å².